The summed E-state index contributed by atoms with van der Waals surface area (Å²) in [5, 5.41) is 16.3. The summed E-state index contributed by atoms with van der Waals surface area (Å²) in [6.07, 6.45) is 3.25. The standard InChI is InChI=1S/C28H29BrClN7O2/c1-16-12-21(29)13-17(2)25(16)37-11-5-6-22(28(37)39)31-27(38)20-9-7-19(8-10-20)14-36-15-23(32-34-36)24-18(3)33-35(4)26(24)30/h7-10,12-13,15,22H,5-6,11,14H2,1-4H3,(H,31,38). The third-order valence-corrected chi connectivity index (χ3v) is 7.87. The second kappa shape index (κ2) is 10.9. The largest absolute Gasteiger partial charge is 0.340 e. The van der Waals surface area contributed by atoms with Crippen molar-refractivity contribution in [1.82, 2.24) is 30.1 Å². The topological polar surface area (TPSA) is 97.9 Å². The van der Waals surface area contributed by atoms with Crippen LogP contribution in [0.1, 0.15) is 45.6 Å². The Bertz CT molecular complexity index is 1540. The first-order chi connectivity index (χ1) is 18.6. The highest BCUT2D eigenvalue weighted by Gasteiger charge is 2.32. The Morgan fingerprint density at radius 3 is 2.49 bits per heavy atom. The molecule has 2 aromatic carbocycles. The number of amides is 2. The van der Waals surface area contributed by atoms with Crippen LogP contribution in [0.15, 0.2) is 47.1 Å². The molecule has 4 aromatic rings. The van der Waals surface area contributed by atoms with Crippen molar-refractivity contribution in [2.45, 2.75) is 46.2 Å². The third-order valence-electron chi connectivity index (χ3n) is 6.98. The second-order valence-corrected chi connectivity index (χ2v) is 11.2. The number of piperidine rings is 1. The Kier molecular flexibility index (Phi) is 7.59. The second-order valence-electron chi connectivity index (χ2n) is 9.92. The van der Waals surface area contributed by atoms with Crippen LogP contribution in [0.2, 0.25) is 5.15 Å². The zero-order chi connectivity index (χ0) is 27.8. The molecule has 0 bridgehead atoms. The van der Waals surface area contributed by atoms with Gasteiger partial charge in [-0.05, 0) is 74.6 Å². The minimum Gasteiger partial charge on any atom is -0.340 e. The molecule has 2 amide bonds. The highest BCUT2D eigenvalue weighted by atomic mass is 79.9. The average molecular weight is 611 g/mol. The van der Waals surface area contributed by atoms with Crippen LogP contribution in [0.4, 0.5) is 5.69 Å². The summed E-state index contributed by atoms with van der Waals surface area (Å²) in [6, 6.07) is 10.7. The number of anilines is 1. The molecule has 39 heavy (non-hydrogen) atoms. The van der Waals surface area contributed by atoms with Gasteiger partial charge in [0.1, 0.15) is 16.9 Å². The monoisotopic (exact) mass is 609 g/mol. The van der Waals surface area contributed by atoms with Gasteiger partial charge in [0.25, 0.3) is 5.91 Å². The van der Waals surface area contributed by atoms with Crippen LogP contribution in [-0.4, -0.2) is 49.2 Å². The number of benzene rings is 2. The lowest BCUT2D eigenvalue weighted by atomic mass is 10.00. The number of aromatic nitrogens is 5. The molecule has 1 aliphatic heterocycles. The predicted molar refractivity (Wildman–Crippen MR) is 154 cm³/mol. The van der Waals surface area contributed by atoms with Gasteiger partial charge in [0.05, 0.1) is 24.0 Å². The van der Waals surface area contributed by atoms with Crippen LogP contribution in [0, 0.1) is 20.8 Å². The van der Waals surface area contributed by atoms with Crippen molar-refractivity contribution in [2.75, 3.05) is 11.4 Å². The molecule has 1 N–H and O–H groups in total. The average Bonchev–Trinajstić information content (AvgIpc) is 3.43. The Balaban J connectivity index is 1.24. The lowest BCUT2D eigenvalue weighted by molar-refractivity contribution is -0.121. The van der Waals surface area contributed by atoms with E-state index in [1.165, 1.54) is 0 Å². The number of carbonyl (C=O) groups excluding carboxylic acids is 2. The van der Waals surface area contributed by atoms with Gasteiger partial charge in [0.2, 0.25) is 5.91 Å². The van der Waals surface area contributed by atoms with Gasteiger partial charge in [-0.25, -0.2) is 4.68 Å². The zero-order valence-electron chi connectivity index (χ0n) is 22.2. The maximum Gasteiger partial charge on any atom is 0.251 e. The minimum atomic E-state index is -0.565. The number of carbonyl (C=O) groups is 2. The molecule has 2 aromatic heterocycles. The Morgan fingerprint density at radius 1 is 1.15 bits per heavy atom. The highest BCUT2D eigenvalue weighted by Crippen LogP contribution is 2.31. The Morgan fingerprint density at radius 2 is 1.85 bits per heavy atom. The number of aryl methyl sites for hydroxylation is 4. The first-order valence-electron chi connectivity index (χ1n) is 12.7. The summed E-state index contributed by atoms with van der Waals surface area (Å²) >= 11 is 9.88. The first kappa shape index (κ1) is 27.1. The van der Waals surface area contributed by atoms with Gasteiger partial charge in [0.15, 0.2) is 0 Å². The molecule has 3 heterocycles. The number of hydrogen-bond acceptors (Lipinski definition) is 5. The van der Waals surface area contributed by atoms with E-state index < -0.39 is 6.04 Å². The van der Waals surface area contributed by atoms with E-state index in [9.17, 15) is 9.59 Å². The maximum absolute atomic E-state index is 13.4. The van der Waals surface area contributed by atoms with Gasteiger partial charge < -0.3 is 10.2 Å². The predicted octanol–water partition coefficient (Wildman–Crippen LogP) is 4.99. The van der Waals surface area contributed by atoms with Crippen LogP contribution < -0.4 is 10.2 Å². The molecule has 5 rings (SSSR count). The van der Waals surface area contributed by atoms with Gasteiger partial charge in [-0.2, -0.15) is 5.10 Å². The molecule has 1 atom stereocenters. The Labute approximate surface area is 240 Å². The molecule has 0 radical (unpaired) electrons. The molecule has 9 nitrogen and oxygen atoms in total. The molecular formula is C28H29BrClN7O2. The molecule has 202 valence electrons. The molecule has 0 saturated carbocycles. The summed E-state index contributed by atoms with van der Waals surface area (Å²) in [5.41, 5.74) is 6.62. The molecular weight excluding hydrogens is 582 g/mol. The van der Waals surface area contributed by atoms with Crippen molar-refractivity contribution < 1.29 is 9.59 Å². The fraction of sp³-hybridized carbons (Fsp3) is 0.321. The van der Waals surface area contributed by atoms with Crippen LogP contribution in [0.25, 0.3) is 11.3 Å². The van der Waals surface area contributed by atoms with Gasteiger partial charge in [0, 0.05) is 29.3 Å². The van der Waals surface area contributed by atoms with Crippen molar-refractivity contribution in [3.8, 4) is 11.3 Å². The fourth-order valence-corrected chi connectivity index (χ4v) is 6.12. The van der Waals surface area contributed by atoms with Crippen LogP contribution >= 0.6 is 27.5 Å². The Hall–Kier alpha value is -3.50. The lowest BCUT2D eigenvalue weighted by Crippen LogP contribution is -2.52. The lowest BCUT2D eigenvalue weighted by Gasteiger charge is -2.34. The zero-order valence-corrected chi connectivity index (χ0v) is 24.5. The highest BCUT2D eigenvalue weighted by molar-refractivity contribution is 9.10. The van der Waals surface area contributed by atoms with E-state index in [1.807, 2.05) is 51.2 Å². The van der Waals surface area contributed by atoms with Gasteiger partial charge in [-0.3, -0.25) is 14.3 Å². The first-order valence-corrected chi connectivity index (χ1v) is 13.9. The van der Waals surface area contributed by atoms with Gasteiger partial charge in [-0.15, -0.1) is 5.10 Å². The van der Waals surface area contributed by atoms with Crippen molar-refractivity contribution in [2.24, 2.45) is 7.05 Å². The third kappa shape index (κ3) is 5.49. The molecule has 1 unspecified atom stereocenters. The number of halogens is 2. The molecule has 1 fully saturated rings. The van der Waals surface area contributed by atoms with E-state index in [0.29, 0.717) is 35.9 Å². The van der Waals surface area contributed by atoms with Crippen molar-refractivity contribution >= 4 is 45.0 Å². The summed E-state index contributed by atoms with van der Waals surface area (Å²) in [5.74, 6) is -0.346. The number of rotatable bonds is 6. The normalized spacial score (nSPS) is 15.6. The van der Waals surface area contributed by atoms with E-state index in [0.717, 1.165) is 44.5 Å². The summed E-state index contributed by atoms with van der Waals surface area (Å²) < 4.78 is 4.31. The number of nitrogens with zero attached hydrogens (tertiary/aromatic N) is 6. The smallest absolute Gasteiger partial charge is 0.251 e. The summed E-state index contributed by atoms with van der Waals surface area (Å²) in [7, 11) is 1.78. The van der Waals surface area contributed by atoms with Crippen LogP contribution in [-0.2, 0) is 18.4 Å². The molecule has 1 saturated heterocycles. The van der Waals surface area contributed by atoms with Gasteiger partial charge >= 0.3 is 0 Å². The minimum absolute atomic E-state index is 0.0781. The maximum atomic E-state index is 13.4. The SMILES string of the molecule is Cc1cc(Br)cc(C)c1N1CCCC(NC(=O)c2ccc(Cn3cc(-c4c(C)nn(C)c4Cl)nn3)cc2)C1=O. The van der Waals surface area contributed by atoms with E-state index in [2.05, 4.69) is 36.7 Å². The molecule has 1 aliphatic rings. The van der Waals surface area contributed by atoms with E-state index >= 15 is 0 Å². The summed E-state index contributed by atoms with van der Waals surface area (Å²) in [6.45, 7) is 7.00. The van der Waals surface area contributed by atoms with E-state index in [1.54, 1.807) is 33.4 Å². The van der Waals surface area contributed by atoms with Crippen molar-refractivity contribution in [3.63, 3.8) is 0 Å². The fourth-order valence-electron chi connectivity index (χ4n) is 5.16. The van der Waals surface area contributed by atoms with Crippen molar-refractivity contribution in [1.29, 1.82) is 0 Å². The quantitative estimate of drug-likeness (QED) is 0.332. The molecule has 11 heteroatoms. The number of hydrogen-bond donors (Lipinski definition) is 1. The molecule has 0 aliphatic carbocycles. The van der Waals surface area contributed by atoms with E-state index in [-0.39, 0.29) is 11.8 Å². The van der Waals surface area contributed by atoms with Crippen LogP contribution in [0.3, 0.4) is 0 Å². The molecule has 0 spiro atoms. The van der Waals surface area contributed by atoms with E-state index in [4.69, 9.17) is 11.6 Å². The van der Waals surface area contributed by atoms with Gasteiger partial charge in [-0.1, -0.05) is 44.9 Å². The van der Waals surface area contributed by atoms with Crippen molar-refractivity contribution in [3.05, 3.63) is 80.2 Å². The van der Waals surface area contributed by atoms with Crippen LogP contribution in [0.5, 0.6) is 0 Å². The number of nitrogens with one attached hydrogen (secondary N) is 1. The summed E-state index contributed by atoms with van der Waals surface area (Å²) in [4.78, 5) is 28.2.